The van der Waals surface area contributed by atoms with Gasteiger partial charge in [-0.3, -0.25) is 0 Å². The summed E-state index contributed by atoms with van der Waals surface area (Å²) in [5.41, 5.74) is 1.45. The van der Waals surface area contributed by atoms with Crippen LogP contribution in [0.5, 0.6) is 0 Å². The number of hydrogen-bond donors (Lipinski definition) is 2. The zero-order valence-electron chi connectivity index (χ0n) is 7.44. The summed E-state index contributed by atoms with van der Waals surface area (Å²) < 4.78 is 7.38. The molecule has 0 amide bonds. The average molecular weight is 163 g/mol. The fourth-order valence-electron chi connectivity index (χ4n) is 1.34. The summed E-state index contributed by atoms with van der Waals surface area (Å²) in [4.78, 5) is 0. The standard InChI is InChI=1S/C10H10O2/c11-9-6-5-7-3-1-2-4-8(7)10(9)12/h1-6,9-12H/t9-,10-/m1/s1/i9D. The number of benzene rings is 1. The van der Waals surface area contributed by atoms with E-state index in [9.17, 15) is 10.2 Å². The lowest BCUT2D eigenvalue weighted by Gasteiger charge is -2.21. The van der Waals surface area contributed by atoms with Gasteiger partial charge in [0.15, 0.2) is 0 Å². The molecule has 0 aliphatic heterocycles. The SMILES string of the molecule is [2H][C@@]1(O)C=Cc2ccccc2[C@H]1O. The van der Waals surface area contributed by atoms with E-state index in [1.807, 2.05) is 12.1 Å². The summed E-state index contributed by atoms with van der Waals surface area (Å²) in [6.07, 6.45) is -0.114. The minimum absolute atomic E-state index is 0.600. The van der Waals surface area contributed by atoms with Gasteiger partial charge in [0.05, 0.1) is 1.37 Å². The van der Waals surface area contributed by atoms with Gasteiger partial charge in [-0.25, -0.2) is 0 Å². The molecule has 0 fully saturated rings. The molecule has 1 aliphatic carbocycles. The Morgan fingerprint density at radius 3 is 2.83 bits per heavy atom. The zero-order valence-corrected chi connectivity index (χ0v) is 6.44. The third-order valence-corrected chi connectivity index (χ3v) is 2.00. The smallest absolute Gasteiger partial charge is 0.109 e. The lowest BCUT2D eigenvalue weighted by molar-refractivity contribution is 0.0470. The van der Waals surface area contributed by atoms with Crippen LogP contribution in [0.2, 0.25) is 0 Å². The molecule has 2 N–H and O–H groups in total. The van der Waals surface area contributed by atoms with Crippen LogP contribution in [0.1, 0.15) is 18.6 Å². The van der Waals surface area contributed by atoms with E-state index < -0.39 is 12.2 Å². The predicted octanol–water partition coefficient (Wildman–Crippen LogP) is 1.11. The van der Waals surface area contributed by atoms with Crippen LogP contribution >= 0.6 is 0 Å². The monoisotopic (exact) mass is 163 g/mol. The Labute approximate surface area is 72.2 Å². The normalized spacial score (nSPS) is 34.2. The van der Waals surface area contributed by atoms with E-state index >= 15 is 0 Å². The van der Waals surface area contributed by atoms with Crippen molar-refractivity contribution in [1.82, 2.24) is 0 Å². The van der Waals surface area contributed by atoms with Crippen molar-refractivity contribution in [3.63, 3.8) is 0 Å². The Morgan fingerprint density at radius 1 is 1.25 bits per heavy atom. The summed E-state index contributed by atoms with van der Waals surface area (Å²) in [5.74, 6) is 0. The maximum atomic E-state index is 9.60. The molecule has 0 aromatic heterocycles. The van der Waals surface area contributed by atoms with Crippen molar-refractivity contribution in [2.75, 3.05) is 0 Å². The summed E-state index contributed by atoms with van der Waals surface area (Å²) in [6.45, 7) is 0. The molecule has 0 saturated heterocycles. The quantitative estimate of drug-likeness (QED) is 0.601. The van der Waals surface area contributed by atoms with Gasteiger partial charge in [0.25, 0.3) is 0 Å². The molecule has 1 aromatic rings. The first kappa shape index (κ1) is 6.40. The second-order valence-corrected chi connectivity index (χ2v) is 2.79. The van der Waals surface area contributed by atoms with E-state index in [2.05, 4.69) is 0 Å². The van der Waals surface area contributed by atoms with E-state index in [0.29, 0.717) is 5.56 Å². The van der Waals surface area contributed by atoms with Crippen molar-refractivity contribution in [2.45, 2.75) is 12.2 Å². The molecule has 0 radical (unpaired) electrons. The van der Waals surface area contributed by atoms with Crippen LogP contribution in [0.15, 0.2) is 30.3 Å². The van der Waals surface area contributed by atoms with Gasteiger partial charge >= 0.3 is 0 Å². The first-order valence-electron chi connectivity index (χ1n) is 4.30. The van der Waals surface area contributed by atoms with Gasteiger partial charge in [-0.1, -0.05) is 36.4 Å². The number of hydrogen-bond acceptors (Lipinski definition) is 2. The molecule has 2 atom stereocenters. The van der Waals surface area contributed by atoms with Gasteiger partial charge in [0, 0.05) is 0 Å². The van der Waals surface area contributed by atoms with E-state index in [4.69, 9.17) is 1.37 Å². The predicted molar refractivity (Wildman–Crippen MR) is 46.4 cm³/mol. The Bertz CT molecular complexity index is 358. The maximum absolute atomic E-state index is 9.60. The minimum atomic E-state index is -1.89. The summed E-state index contributed by atoms with van der Waals surface area (Å²) >= 11 is 0. The third kappa shape index (κ3) is 1.05. The van der Waals surface area contributed by atoms with E-state index in [1.54, 1.807) is 18.2 Å². The molecule has 2 heteroatoms. The first-order chi connectivity index (χ1) is 6.11. The lowest BCUT2D eigenvalue weighted by atomic mass is 9.93. The van der Waals surface area contributed by atoms with Crippen LogP contribution < -0.4 is 0 Å². The molecule has 2 nitrogen and oxygen atoms in total. The highest BCUT2D eigenvalue weighted by molar-refractivity contribution is 5.58. The highest BCUT2D eigenvalue weighted by atomic mass is 16.3. The van der Waals surface area contributed by atoms with Gasteiger partial charge in [-0.05, 0) is 11.1 Å². The molecular formula is C10H10O2. The number of aliphatic hydroxyl groups excluding tert-OH is 1. The molecule has 0 saturated carbocycles. The highest BCUT2D eigenvalue weighted by Gasteiger charge is 2.20. The minimum Gasteiger partial charge on any atom is -0.386 e. The van der Waals surface area contributed by atoms with Gasteiger partial charge in [-0.2, -0.15) is 0 Å². The molecule has 0 spiro atoms. The molecule has 62 valence electrons. The summed E-state index contributed by atoms with van der Waals surface area (Å²) in [5, 5.41) is 19.0. The lowest BCUT2D eigenvalue weighted by Crippen LogP contribution is -2.19. The van der Waals surface area contributed by atoms with Crippen molar-refractivity contribution >= 4 is 6.08 Å². The molecule has 12 heavy (non-hydrogen) atoms. The van der Waals surface area contributed by atoms with Gasteiger partial charge < -0.3 is 10.2 Å². The van der Waals surface area contributed by atoms with Gasteiger partial charge in [-0.15, -0.1) is 0 Å². The molecule has 1 aliphatic rings. The van der Waals surface area contributed by atoms with Crippen molar-refractivity contribution in [1.29, 1.82) is 0 Å². The topological polar surface area (TPSA) is 40.5 Å². The van der Waals surface area contributed by atoms with Crippen LogP contribution in [0, 0.1) is 0 Å². The molecule has 0 unspecified atom stereocenters. The molecule has 0 heterocycles. The summed E-state index contributed by atoms with van der Waals surface area (Å²) in [7, 11) is 0. The second-order valence-electron chi connectivity index (χ2n) is 2.79. The zero-order chi connectivity index (χ0) is 9.47. The highest BCUT2D eigenvalue weighted by Crippen LogP contribution is 2.27. The number of rotatable bonds is 0. The Balaban J connectivity index is 2.55. The Hall–Kier alpha value is -1.12. The molecular weight excluding hydrogens is 152 g/mol. The van der Waals surface area contributed by atoms with Crippen molar-refractivity contribution < 1.29 is 11.6 Å². The van der Waals surface area contributed by atoms with Crippen LogP contribution in [0.4, 0.5) is 0 Å². The van der Waals surface area contributed by atoms with E-state index in [1.165, 1.54) is 6.08 Å². The number of fused-ring (bicyclic) bond motifs is 1. The maximum Gasteiger partial charge on any atom is 0.109 e. The summed E-state index contributed by atoms with van der Waals surface area (Å²) in [6, 6.07) is 7.18. The second kappa shape index (κ2) is 2.73. The van der Waals surface area contributed by atoms with Gasteiger partial charge in [0.1, 0.15) is 12.2 Å². The average Bonchev–Trinajstić information content (AvgIpc) is 2.13. The molecule has 0 bridgehead atoms. The Morgan fingerprint density at radius 2 is 2.00 bits per heavy atom. The number of aliphatic hydroxyl groups is 2. The fraction of sp³-hybridized carbons (Fsp3) is 0.200. The van der Waals surface area contributed by atoms with E-state index in [0.717, 1.165) is 5.56 Å². The first-order valence-corrected chi connectivity index (χ1v) is 3.80. The molecule has 1 aromatic carbocycles. The van der Waals surface area contributed by atoms with Crippen molar-refractivity contribution in [3.05, 3.63) is 41.5 Å². The van der Waals surface area contributed by atoms with E-state index in [-0.39, 0.29) is 0 Å². The molecule has 2 rings (SSSR count). The third-order valence-electron chi connectivity index (χ3n) is 2.00. The fourth-order valence-corrected chi connectivity index (χ4v) is 1.34. The van der Waals surface area contributed by atoms with Crippen LogP contribution in [-0.2, 0) is 0 Å². The van der Waals surface area contributed by atoms with Crippen molar-refractivity contribution in [2.24, 2.45) is 0 Å². The van der Waals surface area contributed by atoms with Crippen LogP contribution in [-0.4, -0.2) is 16.3 Å². The Kier molecular flexibility index (Phi) is 1.46. The largest absolute Gasteiger partial charge is 0.386 e. The van der Waals surface area contributed by atoms with Crippen molar-refractivity contribution in [3.8, 4) is 0 Å². The van der Waals surface area contributed by atoms with Crippen LogP contribution in [0.3, 0.4) is 0 Å². The van der Waals surface area contributed by atoms with Crippen LogP contribution in [0.25, 0.3) is 6.08 Å². The van der Waals surface area contributed by atoms with Gasteiger partial charge in [0.2, 0.25) is 0 Å².